The van der Waals surface area contributed by atoms with Crippen molar-refractivity contribution < 1.29 is 9.21 Å². The third-order valence-electron chi connectivity index (χ3n) is 4.19. The number of piperidine rings is 1. The Kier molecular flexibility index (Phi) is 4.25. The van der Waals surface area contributed by atoms with Gasteiger partial charge in [0, 0.05) is 37.1 Å². The van der Waals surface area contributed by atoms with Gasteiger partial charge >= 0.3 is 5.76 Å². The van der Waals surface area contributed by atoms with Crippen LogP contribution >= 0.6 is 11.6 Å². The first-order valence-corrected chi connectivity index (χ1v) is 7.99. The number of likely N-dealkylation sites (tertiary alicyclic amines) is 1. The number of aryl methyl sites for hydroxylation is 1. The van der Waals surface area contributed by atoms with Crippen molar-refractivity contribution in [3.05, 3.63) is 33.8 Å². The molecule has 0 saturated carbocycles. The van der Waals surface area contributed by atoms with Crippen LogP contribution in [0.1, 0.15) is 26.2 Å². The summed E-state index contributed by atoms with van der Waals surface area (Å²) in [5.41, 5.74) is 1.13. The molecule has 0 bridgehead atoms. The number of halogens is 1. The molecule has 1 aromatic carbocycles. The van der Waals surface area contributed by atoms with E-state index in [0.717, 1.165) is 19.5 Å². The second kappa shape index (κ2) is 6.16. The molecule has 1 amide bonds. The number of hydrogen-bond acceptors (Lipinski definition) is 3. The van der Waals surface area contributed by atoms with Crippen molar-refractivity contribution in [1.29, 1.82) is 0 Å². The first kappa shape index (κ1) is 15.2. The minimum atomic E-state index is -0.447. The maximum Gasteiger partial charge on any atom is 0.419 e. The van der Waals surface area contributed by atoms with Crippen LogP contribution in [0.5, 0.6) is 0 Å². The maximum atomic E-state index is 12.3. The van der Waals surface area contributed by atoms with Gasteiger partial charge in [-0.1, -0.05) is 18.5 Å². The number of fused-ring (bicyclic) bond motifs is 1. The molecule has 1 aliphatic rings. The zero-order valence-electron chi connectivity index (χ0n) is 12.5. The lowest BCUT2D eigenvalue weighted by atomic mass is 10.00. The van der Waals surface area contributed by atoms with Crippen molar-refractivity contribution in [3.63, 3.8) is 0 Å². The summed E-state index contributed by atoms with van der Waals surface area (Å²) in [5, 5.41) is 0.520. The molecule has 2 aromatic rings. The molecule has 1 aliphatic heterocycles. The van der Waals surface area contributed by atoms with Crippen molar-refractivity contribution in [2.75, 3.05) is 13.1 Å². The third kappa shape index (κ3) is 3.04. The standard InChI is InChI=1S/C16H19ClN2O3/c1-11-3-2-7-18(10-11)15(20)6-8-19-13-5-4-12(17)9-14(13)22-16(19)21/h4-5,9,11H,2-3,6-8,10H2,1H3/t11-/m1/s1. The van der Waals surface area contributed by atoms with Gasteiger partial charge in [0.05, 0.1) is 5.52 Å². The number of rotatable bonds is 3. The predicted molar refractivity (Wildman–Crippen MR) is 85.1 cm³/mol. The highest BCUT2D eigenvalue weighted by molar-refractivity contribution is 6.31. The van der Waals surface area contributed by atoms with Crippen LogP contribution in [0, 0.1) is 5.92 Å². The first-order valence-electron chi connectivity index (χ1n) is 7.61. The molecule has 0 radical (unpaired) electrons. The molecule has 1 aromatic heterocycles. The van der Waals surface area contributed by atoms with Gasteiger partial charge in [-0.2, -0.15) is 0 Å². The van der Waals surface area contributed by atoms with Gasteiger partial charge < -0.3 is 9.32 Å². The van der Waals surface area contributed by atoms with Gasteiger partial charge in [-0.15, -0.1) is 0 Å². The zero-order valence-corrected chi connectivity index (χ0v) is 13.3. The van der Waals surface area contributed by atoms with Gasteiger partial charge in [0.2, 0.25) is 5.91 Å². The molecule has 118 valence electrons. The molecule has 6 heteroatoms. The molecule has 5 nitrogen and oxygen atoms in total. The van der Waals surface area contributed by atoms with Crippen molar-refractivity contribution >= 4 is 28.6 Å². The number of amides is 1. The van der Waals surface area contributed by atoms with Crippen molar-refractivity contribution in [3.8, 4) is 0 Å². The van der Waals surface area contributed by atoms with E-state index in [9.17, 15) is 9.59 Å². The molecule has 1 fully saturated rings. The maximum absolute atomic E-state index is 12.3. The van der Waals surface area contributed by atoms with E-state index in [-0.39, 0.29) is 5.91 Å². The molecule has 0 spiro atoms. The Labute approximate surface area is 133 Å². The Balaban J connectivity index is 1.72. The van der Waals surface area contributed by atoms with E-state index in [1.54, 1.807) is 18.2 Å². The van der Waals surface area contributed by atoms with Crippen LogP contribution in [-0.4, -0.2) is 28.5 Å². The van der Waals surface area contributed by atoms with Gasteiger partial charge in [-0.05, 0) is 30.9 Å². The molecular formula is C16H19ClN2O3. The lowest BCUT2D eigenvalue weighted by molar-refractivity contribution is -0.133. The van der Waals surface area contributed by atoms with E-state index in [4.69, 9.17) is 16.0 Å². The average Bonchev–Trinajstić information content (AvgIpc) is 2.79. The molecule has 3 rings (SSSR count). The second-order valence-electron chi connectivity index (χ2n) is 5.97. The Hall–Kier alpha value is -1.75. The highest BCUT2D eigenvalue weighted by atomic mass is 35.5. The number of carbonyl (C=O) groups is 1. The topological polar surface area (TPSA) is 55.5 Å². The quantitative estimate of drug-likeness (QED) is 0.873. The molecule has 1 atom stereocenters. The zero-order chi connectivity index (χ0) is 15.7. The minimum absolute atomic E-state index is 0.0989. The summed E-state index contributed by atoms with van der Waals surface area (Å²) < 4.78 is 6.67. The highest BCUT2D eigenvalue weighted by Crippen LogP contribution is 2.19. The second-order valence-corrected chi connectivity index (χ2v) is 6.41. The van der Waals surface area contributed by atoms with E-state index in [1.165, 1.54) is 11.0 Å². The predicted octanol–water partition coefficient (Wildman–Crippen LogP) is 2.90. The molecule has 2 heterocycles. The number of benzene rings is 1. The fraction of sp³-hybridized carbons (Fsp3) is 0.500. The van der Waals surface area contributed by atoms with Crippen molar-refractivity contribution in [1.82, 2.24) is 9.47 Å². The summed E-state index contributed by atoms with van der Waals surface area (Å²) in [6.07, 6.45) is 2.54. The third-order valence-corrected chi connectivity index (χ3v) is 4.42. The van der Waals surface area contributed by atoms with E-state index in [1.807, 2.05) is 4.90 Å². The molecule has 0 unspecified atom stereocenters. The van der Waals surface area contributed by atoms with Crippen LogP contribution < -0.4 is 5.76 Å². The SMILES string of the molecule is C[C@@H]1CCCN(C(=O)CCn2c(=O)oc3cc(Cl)ccc32)C1. The Morgan fingerprint density at radius 1 is 1.45 bits per heavy atom. The van der Waals surface area contributed by atoms with E-state index >= 15 is 0 Å². The summed E-state index contributed by atoms with van der Waals surface area (Å²) in [4.78, 5) is 26.1. The molecule has 22 heavy (non-hydrogen) atoms. The van der Waals surface area contributed by atoms with Crippen LogP contribution in [0.2, 0.25) is 5.02 Å². The Bertz CT molecular complexity index is 749. The summed E-state index contributed by atoms with van der Waals surface area (Å²) >= 11 is 5.89. The summed E-state index contributed by atoms with van der Waals surface area (Å²) in [6.45, 7) is 4.13. The van der Waals surface area contributed by atoms with Gasteiger partial charge in [-0.25, -0.2) is 4.79 Å². The Morgan fingerprint density at radius 2 is 2.27 bits per heavy atom. The van der Waals surface area contributed by atoms with Crippen LogP contribution in [0.3, 0.4) is 0 Å². The van der Waals surface area contributed by atoms with E-state index in [0.29, 0.717) is 35.0 Å². The van der Waals surface area contributed by atoms with Crippen LogP contribution in [0.25, 0.3) is 11.1 Å². The minimum Gasteiger partial charge on any atom is -0.408 e. The normalized spacial score (nSPS) is 18.8. The number of nitrogens with zero attached hydrogens (tertiary/aromatic N) is 2. The number of carbonyl (C=O) groups excluding carboxylic acids is 1. The largest absolute Gasteiger partial charge is 0.419 e. The molecular weight excluding hydrogens is 304 g/mol. The lowest BCUT2D eigenvalue weighted by Crippen LogP contribution is -2.39. The number of oxazole rings is 1. The fourth-order valence-electron chi connectivity index (χ4n) is 3.03. The monoisotopic (exact) mass is 322 g/mol. The van der Waals surface area contributed by atoms with Gasteiger partial charge in [0.1, 0.15) is 0 Å². The van der Waals surface area contributed by atoms with Gasteiger partial charge in [0.25, 0.3) is 0 Å². The molecule has 0 N–H and O–H groups in total. The summed E-state index contributed by atoms with van der Waals surface area (Å²) in [7, 11) is 0. The number of aromatic nitrogens is 1. The molecule has 0 aliphatic carbocycles. The molecule has 1 saturated heterocycles. The van der Waals surface area contributed by atoms with Gasteiger partial charge in [0.15, 0.2) is 5.58 Å². The van der Waals surface area contributed by atoms with Crippen LogP contribution in [0.4, 0.5) is 0 Å². The highest BCUT2D eigenvalue weighted by Gasteiger charge is 2.21. The smallest absolute Gasteiger partial charge is 0.408 e. The van der Waals surface area contributed by atoms with Crippen molar-refractivity contribution in [2.24, 2.45) is 5.92 Å². The lowest BCUT2D eigenvalue weighted by Gasteiger charge is -2.31. The van der Waals surface area contributed by atoms with Crippen LogP contribution in [0.15, 0.2) is 27.4 Å². The van der Waals surface area contributed by atoms with E-state index in [2.05, 4.69) is 6.92 Å². The first-order chi connectivity index (χ1) is 10.5. The fourth-order valence-corrected chi connectivity index (χ4v) is 3.20. The Morgan fingerprint density at radius 3 is 3.05 bits per heavy atom. The van der Waals surface area contributed by atoms with E-state index < -0.39 is 5.76 Å². The number of hydrogen-bond donors (Lipinski definition) is 0. The van der Waals surface area contributed by atoms with Gasteiger partial charge in [-0.3, -0.25) is 9.36 Å². The summed E-state index contributed by atoms with van der Waals surface area (Å²) in [5.74, 6) is 0.205. The van der Waals surface area contributed by atoms with Crippen molar-refractivity contribution in [2.45, 2.75) is 32.7 Å². The van der Waals surface area contributed by atoms with Crippen LogP contribution in [-0.2, 0) is 11.3 Å². The summed E-state index contributed by atoms with van der Waals surface area (Å²) in [6, 6.07) is 5.07. The average molecular weight is 323 g/mol.